The van der Waals surface area contributed by atoms with E-state index in [0.29, 0.717) is 118 Å². The maximum absolute atomic E-state index is 13.6. The molecule has 0 fully saturated rings. The summed E-state index contributed by atoms with van der Waals surface area (Å²) >= 11 is 10.0. The molecule has 0 saturated carbocycles. The van der Waals surface area contributed by atoms with E-state index in [9.17, 15) is 70.7 Å². The number of methoxy groups -OCH3 is 3. The molecule has 12 aromatic rings. The number of hydrogen-bond donors (Lipinski definition) is 0. The average molecular weight is 2020 g/mol. The lowest BCUT2D eigenvalue weighted by atomic mass is 10.0. The molecular formula is C111H99F3O21S6. The van der Waals surface area contributed by atoms with Gasteiger partial charge in [0.25, 0.3) is 0 Å². The van der Waals surface area contributed by atoms with E-state index in [-0.39, 0.29) is 158 Å². The van der Waals surface area contributed by atoms with Crippen LogP contribution in [0.4, 0.5) is 13.2 Å². The zero-order chi connectivity index (χ0) is 99.5. The molecule has 6 heterocycles. The Kier molecular flexibility index (Phi) is 39.8. The average Bonchev–Trinajstić information content (AvgIpc) is 0.842. The van der Waals surface area contributed by atoms with Gasteiger partial charge in [-0.05, 0) is 206 Å². The Balaban J connectivity index is 0.000000142. The highest BCUT2D eigenvalue weighted by Crippen LogP contribution is 2.41. The fourth-order valence-electron chi connectivity index (χ4n) is 14.8. The second-order valence-corrected chi connectivity index (χ2v) is 38.7. The minimum absolute atomic E-state index is 0.000490. The number of Topliss-reactive ketones (excluding diaryl/α,β-unsaturated/α-hetero) is 12. The van der Waals surface area contributed by atoms with Crippen LogP contribution in [-0.4, -0.2) is 165 Å². The van der Waals surface area contributed by atoms with Crippen molar-refractivity contribution in [2.24, 2.45) is 0 Å². The highest BCUT2D eigenvalue weighted by molar-refractivity contribution is 8.00. The van der Waals surface area contributed by atoms with Gasteiger partial charge in [0.1, 0.15) is 69.2 Å². The van der Waals surface area contributed by atoms with Gasteiger partial charge >= 0.3 is 0 Å². The largest absolute Gasteiger partial charge is 0.497 e. The van der Waals surface area contributed by atoms with Gasteiger partial charge in [-0.1, -0.05) is 48.5 Å². The number of carbonyl (C=O) groups is 12. The second-order valence-electron chi connectivity index (χ2n) is 31.9. The van der Waals surface area contributed by atoms with Crippen molar-refractivity contribution in [2.75, 3.05) is 95.5 Å². The van der Waals surface area contributed by atoms with Gasteiger partial charge in [0, 0.05) is 167 Å². The van der Waals surface area contributed by atoms with E-state index < -0.39 is 11.6 Å². The smallest absolute Gasteiger partial charge is 0.167 e. The van der Waals surface area contributed by atoms with Gasteiger partial charge in [-0.3, -0.25) is 57.5 Å². The van der Waals surface area contributed by atoms with Crippen LogP contribution in [0.5, 0.6) is 51.7 Å². The summed E-state index contributed by atoms with van der Waals surface area (Å²) in [7, 11) is 4.67. The number of carbonyl (C=O) groups excluding carboxylic acids is 12. The number of thioether (sulfide) groups is 6. The summed E-state index contributed by atoms with van der Waals surface area (Å²) in [5, 5.41) is 0. The van der Waals surface area contributed by atoms with Crippen LogP contribution in [0.25, 0.3) is 0 Å². The van der Waals surface area contributed by atoms with Crippen LogP contribution < -0.4 is 42.6 Å². The van der Waals surface area contributed by atoms with Gasteiger partial charge in [-0.2, -0.15) is 0 Å². The molecule has 0 atom stereocenters. The summed E-state index contributed by atoms with van der Waals surface area (Å²) in [6.07, 6.45) is 1.64. The SMILES string of the molecule is COc1ccc(C(=O)CCC(=O)c2ccc3c(c2)SCCO3)cc1.COc1cccc(C(=O)CCC(=O)c2ccc3c(c2)SCCO3)c1.COc1ccccc1C(=O)CCC(=O)c1ccc2c(c1)SCCO2.O=C(CCC(=O)c1ccc2c(c1)SCCO2)c1ccc(F)cc1.O=C(CCC(=O)c1ccc2c(c1)SCCO2)c1cccc(F)c1.O=C(CCC(=O)c1ccccc1F)c1ccc2c(c1)SCCO2. The zero-order valence-electron chi connectivity index (χ0n) is 77.4. The fourth-order valence-corrected chi connectivity index (χ4v) is 20.0. The molecule has 141 heavy (non-hydrogen) atoms. The molecule has 0 unspecified atom stereocenters. The number of benzene rings is 12. The van der Waals surface area contributed by atoms with Crippen LogP contribution in [-0.2, 0) is 0 Å². The van der Waals surface area contributed by atoms with E-state index in [2.05, 4.69) is 0 Å². The van der Waals surface area contributed by atoms with Crippen LogP contribution >= 0.6 is 70.6 Å². The van der Waals surface area contributed by atoms with E-state index in [4.69, 9.17) is 42.6 Å². The van der Waals surface area contributed by atoms with Crippen molar-refractivity contribution in [1.29, 1.82) is 0 Å². The van der Waals surface area contributed by atoms with E-state index >= 15 is 0 Å². The van der Waals surface area contributed by atoms with Gasteiger partial charge in [0.05, 0.1) is 101 Å². The number of ketones is 12. The molecule has 0 bridgehead atoms. The van der Waals surface area contributed by atoms with Crippen molar-refractivity contribution < 1.29 is 113 Å². The summed E-state index contributed by atoms with van der Waals surface area (Å²) in [5.74, 6) is 9.34. The molecule has 0 radical (unpaired) electrons. The molecule has 0 saturated heterocycles. The highest BCUT2D eigenvalue weighted by Gasteiger charge is 2.26. The lowest BCUT2D eigenvalue weighted by molar-refractivity contribution is 0.0915. The topological polar surface area (TPSA) is 288 Å². The molecule has 6 aliphatic heterocycles. The summed E-state index contributed by atoms with van der Waals surface area (Å²) in [5.41, 5.74) is 6.05. The first kappa shape index (κ1) is 105. The number of rotatable bonds is 33. The van der Waals surface area contributed by atoms with Gasteiger partial charge in [-0.25, -0.2) is 13.2 Å². The summed E-state index contributed by atoms with van der Waals surface area (Å²) in [6.45, 7) is 4.10. The van der Waals surface area contributed by atoms with Gasteiger partial charge < -0.3 is 42.6 Å². The Labute approximate surface area is 839 Å². The van der Waals surface area contributed by atoms with Crippen molar-refractivity contribution in [3.05, 3.63) is 339 Å². The minimum atomic E-state index is -0.549. The van der Waals surface area contributed by atoms with Gasteiger partial charge in [0.15, 0.2) is 69.4 Å². The van der Waals surface area contributed by atoms with Gasteiger partial charge in [-0.15, -0.1) is 70.6 Å². The fraction of sp³-hybridized carbons (Fsp3) is 0.243. The zero-order valence-corrected chi connectivity index (χ0v) is 82.3. The Morgan fingerprint density at radius 3 is 0.787 bits per heavy atom. The molecule has 0 N–H and O–H groups in total. The molecule has 18 rings (SSSR count). The number of ether oxygens (including phenoxy) is 9. The van der Waals surface area contributed by atoms with E-state index in [1.807, 2.05) is 54.6 Å². The van der Waals surface area contributed by atoms with Crippen molar-refractivity contribution in [3.63, 3.8) is 0 Å². The van der Waals surface area contributed by atoms with E-state index in [0.717, 1.165) is 98.4 Å². The van der Waals surface area contributed by atoms with E-state index in [1.165, 1.54) is 67.8 Å². The van der Waals surface area contributed by atoms with Crippen LogP contribution in [0.3, 0.4) is 0 Å². The molecule has 0 spiro atoms. The summed E-state index contributed by atoms with van der Waals surface area (Å²) in [4.78, 5) is 153. The first-order valence-corrected chi connectivity index (χ1v) is 51.3. The van der Waals surface area contributed by atoms with Gasteiger partial charge in [0.2, 0.25) is 0 Å². The number of fused-ring (bicyclic) bond motifs is 6. The number of para-hydroxylation sites is 1. The molecule has 12 aromatic carbocycles. The number of halogens is 3. The van der Waals surface area contributed by atoms with Crippen molar-refractivity contribution in [3.8, 4) is 51.7 Å². The quantitative estimate of drug-likeness (QED) is 0.0345. The minimum Gasteiger partial charge on any atom is -0.497 e. The molecule has 0 aliphatic carbocycles. The molecule has 0 aromatic heterocycles. The second kappa shape index (κ2) is 53.4. The van der Waals surface area contributed by atoms with Crippen LogP contribution in [0, 0.1) is 17.5 Å². The normalized spacial score (nSPS) is 13.0. The first-order chi connectivity index (χ1) is 68.4. The molecule has 726 valence electrons. The predicted octanol–water partition coefficient (Wildman–Crippen LogP) is 24.5. The molecule has 30 heteroatoms. The molecule has 6 aliphatic rings. The van der Waals surface area contributed by atoms with Crippen LogP contribution in [0.2, 0.25) is 0 Å². The third-order valence-corrected chi connectivity index (χ3v) is 28.4. The third kappa shape index (κ3) is 30.9. The number of hydrogen-bond acceptors (Lipinski definition) is 27. The molecule has 21 nitrogen and oxygen atoms in total. The van der Waals surface area contributed by atoms with Crippen molar-refractivity contribution in [1.82, 2.24) is 0 Å². The predicted molar refractivity (Wildman–Crippen MR) is 542 cm³/mol. The standard InChI is InChI=1S/3C19H18O4S.3C18H15FO3S/c1-22-15-5-2-13(3-6-15)16(20)7-8-17(21)14-4-9-18-19(12-14)24-11-10-23-18;1-22-15-4-2-3-13(11-15)16(20)6-7-17(21)14-5-8-18-19(12-14)24-10-9-23-18;1-22-17-5-3-2-4-14(17)16(21)8-7-15(20)13-6-9-18-19(12-13)24-11-10-23-18;19-14-4-1-12(2-5-14)15(20)6-7-16(21)13-3-8-17-18(11-13)23-10-9-22-17;19-14-3-1-2-12(10-14)15(20)5-6-16(21)13-4-7-17-18(11-13)23-9-8-22-17;19-14-4-2-1-3-13(14)16(21)7-6-15(20)12-5-8-17-18(11-12)23-10-9-22-17/h2-6,9,12H,7-8,10-11H2,1H3;2-5,8,11-12H,6-7,9-10H2,1H3;2-6,9,12H,7-8,10-11H2,1H3;1-5,8,11H,6-7,9-10H2;1-4,7,10-11H,5-6,8-9H2;1-5,8,11H,6-7,9-10H2. The van der Waals surface area contributed by atoms with Crippen molar-refractivity contribution >= 4 is 140 Å². The Morgan fingerprint density at radius 1 is 0.227 bits per heavy atom. The maximum atomic E-state index is 13.6. The molecule has 0 amide bonds. The van der Waals surface area contributed by atoms with Crippen LogP contribution in [0.15, 0.2) is 284 Å². The van der Waals surface area contributed by atoms with Crippen LogP contribution in [0.1, 0.15) is 201 Å². The summed E-state index contributed by atoms with van der Waals surface area (Å²) < 4.78 is 88.0. The monoisotopic (exact) mass is 2020 g/mol. The first-order valence-electron chi connectivity index (χ1n) is 45.4. The lowest BCUT2D eigenvalue weighted by Crippen LogP contribution is -2.09. The Hall–Kier alpha value is -13.2. The highest BCUT2D eigenvalue weighted by atomic mass is 32.2. The molecular weight excluding hydrogens is 1920 g/mol. The Morgan fingerprint density at radius 2 is 0.482 bits per heavy atom. The van der Waals surface area contributed by atoms with E-state index in [1.54, 1.807) is 224 Å². The summed E-state index contributed by atoms with van der Waals surface area (Å²) in [6, 6.07) is 70.1. The third-order valence-electron chi connectivity index (χ3n) is 22.4. The Bertz CT molecular complexity index is 6570. The van der Waals surface area contributed by atoms with Crippen molar-refractivity contribution in [2.45, 2.75) is 106 Å². The lowest BCUT2D eigenvalue weighted by Gasteiger charge is -2.17. The maximum Gasteiger partial charge on any atom is 0.167 e.